The molecule has 0 amide bonds. The van der Waals surface area contributed by atoms with Crippen molar-refractivity contribution in [2.75, 3.05) is 13.1 Å². The second kappa shape index (κ2) is 6.15. The third-order valence-electron chi connectivity index (χ3n) is 2.20. The molecular formula is C8H12Cl2N2OS2. The molecule has 2 heterocycles. The van der Waals surface area contributed by atoms with Gasteiger partial charge in [0.25, 0.3) is 0 Å². The van der Waals surface area contributed by atoms with Crippen LogP contribution in [0.3, 0.4) is 0 Å². The molecule has 1 N–H and O–H groups in total. The first-order chi connectivity index (χ1) is 6.75. The monoisotopic (exact) mass is 286 g/mol. The number of hydrogen-bond donors (Lipinski definition) is 1. The Morgan fingerprint density at radius 2 is 2.53 bits per heavy atom. The van der Waals surface area contributed by atoms with Crippen LogP contribution < -0.4 is 5.32 Å². The first kappa shape index (κ1) is 13.4. The zero-order valence-corrected chi connectivity index (χ0v) is 11.1. The van der Waals surface area contributed by atoms with Crippen LogP contribution in [0.15, 0.2) is 6.20 Å². The van der Waals surface area contributed by atoms with E-state index in [2.05, 4.69) is 10.3 Å². The van der Waals surface area contributed by atoms with Gasteiger partial charge in [0.1, 0.15) is 0 Å². The van der Waals surface area contributed by atoms with E-state index in [1.807, 2.05) is 0 Å². The topological polar surface area (TPSA) is 42.0 Å². The van der Waals surface area contributed by atoms with E-state index in [4.69, 9.17) is 11.6 Å². The predicted octanol–water partition coefficient (Wildman–Crippen LogP) is 1.83. The van der Waals surface area contributed by atoms with E-state index in [1.54, 1.807) is 6.20 Å². The van der Waals surface area contributed by atoms with E-state index >= 15 is 0 Å². The van der Waals surface area contributed by atoms with E-state index in [0.717, 1.165) is 24.4 Å². The van der Waals surface area contributed by atoms with Crippen LogP contribution in [0.5, 0.6) is 0 Å². The maximum Gasteiger partial charge on any atom is 0.183 e. The summed E-state index contributed by atoms with van der Waals surface area (Å²) in [6.45, 7) is 1.86. The maximum atomic E-state index is 11.8. The van der Waals surface area contributed by atoms with Crippen LogP contribution in [-0.2, 0) is 16.6 Å². The number of thiazole rings is 1. The summed E-state index contributed by atoms with van der Waals surface area (Å²) in [5, 5.41) is 3.51. The summed E-state index contributed by atoms with van der Waals surface area (Å²) in [7, 11) is -0.784. The summed E-state index contributed by atoms with van der Waals surface area (Å²) < 4.78 is 12.4. The van der Waals surface area contributed by atoms with Crippen molar-refractivity contribution in [2.24, 2.45) is 0 Å². The number of rotatable bonds is 3. The van der Waals surface area contributed by atoms with E-state index in [9.17, 15) is 4.21 Å². The molecule has 2 rings (SSSR count). The molecule has 3 nitrogen and oxygen atoms in total. The van der Waals surface area contributed by atoms with Gasteiger partial charge < -0.3 is 5.32 Å². The molecule has 7 heteroatoms. The smallest absolute Gasteiger partial charge is 0.183 e. The van der Waals surface area contributed by atoms with Crippen LogP contribution in [0.2, 0.25) is 4.47 Å². The highest BCUT2D eigenvalue weighted by molar-refractivity contribution is 7.85. The summed E-state index contributed by atoms with van der Waals surface area (Å²) >= 11 is 7.12. The second-order valence-electron chi connectivity index (χ2n) is 3.22. The minimum absolute atomic E-state index is 0. The number of nitrogens with zero attached hydrogens (tertiary/aromatic N) is 1. The third-order valence-corrected chi connectivity index (χ3v) is 5.24. The average molecular weight is 287 g/mol. The van der Waals surface area contributed by atoms with Crippen LogP contribution >= 0.6 is 35.3 Å². The van der Waals surface area contributed by atoms with Gasteiger partial charge in [0, 0.05) is 33.7 Å². The largest absolute Gasteiger partial charge is 0.315 e. The molecule has 0 aliphatic carbocycles. The van der Waals surface area contributed by atoms with Gasteiger partial charge in [-0.2, -0.15) is 0 Å². The molecule has 0 saturated carbocycles. The Balaban J connectivity index is 0.00000112. The van der Waals surface area contributed by atoms with Crippen LogP contribution in [0.25, 0.3) is 0 Å². The summed E-state index contributed by atoms with van der Waals surface area (Å²) in [4.78, 5) is 4.94. The molecule has 1 aliphatic heterocycles. The fraction of sp³-hybridized carbons (Fsp3) is 0.625. The predicted molar refractivity (Wildman–Crippen MR) is 67.5 cm³/mol. The molecule has 86 valence electrons. The van der Waals surface area contributed by atoms with Crippen molar-refractivity contribution >= 4 is 46.1 Å². The molecule has 1 aromatic heterocycles. The molecule has 0 spiro atoms. The fourth-order valence-corrected chi connectivity index (χ4v) is 4.09. The van der Waals surface area contributed by atoms with E-state index in [0.29, 0.717) is 15.5 Å². The maximum absolute atomic E-state index is 11.8. The Labute approximate surface area is 106 Å². The molecule has 15 heavy (non-hydrogen) atoms. The molecule has 1 fully saturated rings. The van der Waals surface area contributed by atoms with Gasteiger partial charge in [0.05, 0.1) is 5.75 Å². The lowest BCUT2D eigenvalue weighted by Gasteiger charge is -2.06. The lowest BCUT2D eigenvalue weighted by atomic mass is 10.4. The summed E-state index contributed by atoms with van der Waals surface area (Å²) in [5.41, 5.74) is 0. The van der Waals surface area contributed by atoms with Gasteiger partial charge in [-0.15, -0.1) is 23.7 Å². The van der Waals surface area contributed by atoms with Crippen molar-refractivity contribution in [1.29, 1.82) is 0 Å². The second-order valence-corrected chi connectivity index (χ2v) is 6.63. The van der Waals surface area contributed by atoms with Gasteiger partial charge in [-0.1, -0.05) is 11.6 Å². The Bertz CT molecular complexity index is 339. The van der Waals surface area contributed by atoms with E-state index in [-0.39, 0.29) is 12.4 Å². The highest BCUT2D eigenvalue weighted by Crippen LogP contribution is 2.21. The van der Waals surface area contributed by atoms with Crippen LogP contribution in [0.1, 0.15) is 11.3 Å². The zero-order chi connectivity index (χ0) is 9.97. The van der Waals surface area contributed by atoms with Crippen LogP contribution in [0.4, 0.5) is 0 Å². The standard InChI is InChI=1S/C8H11ClN2OS2.ClH/c9-8-11-3-6(13-8)5-14(12)7-1-2-10-4-7;/h3,7,10H,1-2,4-5H2;1H/t7-,14?;/m0./s1. The fourth-order valence-electron chi connectivity index (χ4n) is 1.46. The van der Waals surface area contributed by atoms with Crippen molar-refractivity contribution in [2.45, 2.75) is 17.4 Å². The van der Waals surface area contributed by atoms with Crippen molar-refractivity contribution < 1.29 is 4.21 Å². The number of nitrogens with one attached hydrogen (secondary N) is 1. The quantitative estimate of drug-likeness (QED) is 0.922. The summed E-state index contributed by atoms with van der Waals surface area (Å²) in [6, 6.07) is 0. The zero-order valence-electron chi connectivity index (χ0n) is 7.94. The van der Waals surface area contributed by atoms with Gasteiger partial charge in [0.2, 0.25) is 0 Å². The number of halogens is 2. The minimum atomic E-state index is -0.784. The first-order valence-electron chi connectivity index (χ1n) is 4.44. The number of aromatic nitrogens is 1. The highest BCUT2D eigenvalue weighted by atomic mass is 35.5. The Morgan fingerprint density at radius 1 is 1.73 bits per heavy atom. The van der Waals surface area contributed by atoms with Crippen molar-refractivity contribution in [3.05, 3.63) is 15.5 Å². The molecule has 1 unspecified atom stereocenters. The van der Waals surface area contributed by atoms with Crippen molar-refractivity contribution in [3.8, 4) is 0 Å². The normalized spacial score (nSPS) is 22.3. The van der Waals surface area contributed by atoms with Crippen LogP contribution in [0, 0.1) is 0 Å². The summed E-state index contributed by atoms with van der Waals surface area (Å²) in [6.07, 6.45) is 2.73. The molecule has 0 aromatic carbocycles. The Hall–Kier alpha value is 0.320. The average Bonchev–Trinajstić information content (AvgIpc) is 2.75. The van der Waals surface area contributed by atoms with E-state index < -0.39 is 10.8 Å². The first-order valence-corrected chi connectivity index (χ1v) is 7.01. The molecule has 1 aliphatic rings. The minimum Gasteiger partial charge on any atom is -0.315 e. The van der Waals surface area contributed by atoms with Crippen molar-refractivity contribution in [1.82, 2.24) is 10.3 Å². The van der Waals surface area contributed by atoms with Gasteiger partial charge in [0.15, 0.2) is 4.47 Å². The van der Waals surface area contributed by atoms with Crippen molar-refractivity contribution in [3.63, 3.8) is 0 Å². The Kier molecular flexibility index (Phi) is 5.49. The molecule has 1 saturated heterocycles. The lowest BCUT2D eigenvalue weighted by Crippen LogP contribution is -2.19. The number of hydrogen-bond acceptors (Lipinski definition) is 4. The molecular weight excluding hydrogens is 275 g/mol. The van der Waals surface area contributed by atoms with Gasteiger partial charge in [-0.05, 0) is 13.0 Å². The Morgan fingerprint density at radius 3 is 3.07 bits per heavy atom. The third kappa shape index (κ3) is 3.67. The summed E-state index contributed by atoms with van der Waals surface area (Å²) in [5.74, 6) is 0.594. The SMILES string of the molecule is Cl.O=S(Cc1cnc(Cl)s1)[C@H]1CCNC1. The molecule has 2 atom stereocenters. The van der Waals surface area contributed by atoms with E-state index in [1.165, 1.54) is 11.3 Å². The molecule has 0 radical (unpaired) electrons. The highest BCUT2D eigenvalue weighted by Gasteiger charge is 2.21. The van der Waals surface area contributed by atoms with Gasteiger partial charge in [-0.25, -0.2) is 4.98 Å². The van der Waals surface area contributed by atoms with Crippen LogP contribution in [-0.4, -0.2) is 27.5 Å². The lowest BCUT2D eigenvalue weighted by molar-refractivity contribution is 0.672. The molecule has 1 aromatic rings. The molecule has 0 bridgehead atoms. The van der Waals surface area contributed by atoms with Gasteiger partial charge >= 0.3 is 0 Å². The van der Waals surface area contributed by atoms with Gasteiger partial charge in [-0.3, -0.25) is 4.21 Å².